The molecule has 1 aliphatic heterocycles. The monoisotopic (exact) mass is 228 g/mol. The molecule has 2 N–H and O–H groups in total. The van der Waals surface area contributed by atoms with Gasteiger partial charge in [-0.25, -0.2) is 0 Å². The second-order valence-electron chi connectivity index (χ2n) is 5.21. The van der Waals surface area contributed by atoms with Crippen LogP contribution in [0.15, 0.2) is 0 Å². The third-order valence-corrected chi connectivity index (χ3v) is 3.94. The molecule has 1 aliphatic rings. The van der Waals surface area contributed by atoms with Crippen LogP contribution in [-0.4, -0.2) is 48.8 Å². The summed E-state index contributed by atoms with van der Waals surface area (Å²) in [7, 11) is 2.20. The molecule has 3 nitrogen and oxygen atoms in total. The Balaban J connectivity index is 2.30. The Kier molecular flexibility index (Phi) is 6.32. The Morgan fingerprint density at radius 3 is 2.50 bits per heavy atom. The molecule has 0 saturated carbocycles. The Labute approximate surface area is 100 Å². The van der Waals surface area contributed by atoms with Gasteiger partial charge < -0.3 is 15.3 Å². The zero-order chi connectivity index (χ0) is 12.0. The van der Waals surface area contributed by atoms with E-state index in [9.17, 15) is 0 Å². The molecule has 0 radical (unpaired) electrons. The van der Waals surface area contributed by atoms with Gasteiger partial charge in [0.05, 0.1) is 0 Å². The molecule has 16 heavy (non-hydrogen) atoms. The second kappa shape index (κ2) is 7.25. The van der Waals surface area contributed by atoms with Gasteiger partial charge >= 0.3 is 0 Å². The first-order chi connectivity index (χ1) is 7.67. The first-order valence-electron chi connectivity index (χ1n) is 6.72. The SMILES string of the molecule is CCC(CCO)NC(C)C1CCN(C)CC1. The molecule has 2 atom stereocenters. The molecule has 0 aliphatic carbocycles. The van der Waals surface area contributed by atoms with Crippen molar-refractivity contribution in [3.63, 3.8) is 0 Å². The summed E-state index contributed by atoms with van der Waals surface area (Å²) in [5.74, 6) is 0.809. The van der Waals surface area contributed by atoms with Gasteiger partial charge in [0.15, 0.2) is 0 Å². The van der Waals surface area contributed by atoms with Crippen molar-refractivity contribution in [3.8, 4) is 0 Å². The standard InChI is InChI=1S/C13H28N2O/c1-4-13(7-10-16)14-11(2)12-5-8-15(3)9-6-12/h11-14,16H,4-10H2,1-3H3. The number of likely N-dealkylation sites (tertiary alicyclic amines) is 1. The minimum atomic E-state index is 0.297. The molecule has 0 aromatic heterocycles. The zero-order valence-electron chi connectivity index (χ0n) is 11.1. The van der Waals surface area contributed by atoms with E-state index in [-0.39, 0.29) is 0 Å². The van der Waals surface area contributed by atoms with Crippen LogP contribution in [-0.2, 0) is 0 Å². The van der Waals surface area contributed by atoms with Crippen molar-refractivity contribution in [2.75, 3.05) is 26.7 Å². The molecule has 1 saturated heterocycles. The zero-order valence-corrected chi connectivity index (χ0v) is 11.1. The van der Waals surface area contributed by atoms with Crippen LogP contribution in [0.25, 0.3) is 0 Å². The van der Waals surface area contributed by atoms with Crippen LogP contribution in [0.1, 0.15) is 39.5 Å². The van der Waals surface area contributed by atoms with Gasteiger partial charge in [0.2, 0.25) is 0 Å². The summed E-state index contributed by atoms with van der Waals surface area (Å²) >= 11 is 0. The minimum Gasteiger partial charge on any atom is -0.396 e. The number of nitrogens with zero attached hydrogens (tertiary/aromatic N) is 1. The smallest absolute Gasteiger partial charge is 0.0445 e. The normalized spacial score (nSPS) is 23.2. The lowest BCUT2D eigenvalue weighted by Crippen LogP contribution is -2.44. The molecular formula is C13H28N2O. The topological polar surface area (TPSA) is 35.5 Å². The first kappa shape index (κ1) is 13.9. The Morgan fingerprint density at radius 2 is 2.00 bits per heavy atom. The summed E-state index contributed by atoms with van der Waals surface area (Å²) in [5.41, 5.74) is 0. The summed E-state index contributed by atoms with van der Waals surface area (Å²) < 4.78 is 0. The van der Waals surface area contributed by atoms with Crippen LogP contribution in [0.5, 0.6) is 0 Å². The van der Waals surface area contributed by atoms with Gasteiger partial charge in [0.25, 0.3) is 0 Å². The van der Waals surface area contributed by atoms with Crippen molar-refractivity contribution < 1.29 is 5.11 Å². The highest BCUT2D eigenvalue weighted by Gasteiger charge is 2.23. The fraction of sp³-hybridized carbons (Fsp3) is 1.00. The fourth-order valence-corrected chi connectivity index (χ4v) is 2.60. The van der Waals surface area contributed by atoms with E-state index in [1.54, 1.807) is 0 Å². The summed E-state index contributed by atoms with van der Waals surface area (Å²) in [4.78, 5) is 2.41. The summed E-state index contributed by atoms with van der Waals surface area (Å²) in [5, 5.41) is 12.7. The van der Waals surface area contributed by atoms with E-state index in [4.69, 9.17) is 5.11 Å². The molecule has 0 amide bonds. The van der Waals surface area contributed by atoms with Crippen molar-refractivity contribution in [1.82, 2.24) is 10.2 Å². The molecule has 96 valence electrons. The predicted octanol–water partition coefficient (Wildman–Crippen LogP) is 1.47. The van der Waals surface area contributed by atoms with Crippen molar-refractivity contribution in [2.24, 2.45) is 5.92 Å². The van der Waals surface area contributed by atoms with E-state index in [0.717, 1.165) is 18.8 Å². The van der Waals surface area contributed by atoms with E-state index in [1.165, 1.54) is 25.9 Å². The van der Waals surface area contributed by atoms with Crippen LogP contribution < -0.4 is 5.32 Å². The van der Waals surface area contributed by atoms with Gasteiger partial charge in [-0.05, 0) is 58.7 Å². The Hall–Kier alpha value is -0.120. The average molecular weight is 228 g/mol. The van der Waals surface area contributed by atoms with Crippen LogP contribution >= 0.6 is 0 Å². The van der Waals surface area contributed by atoms with Gasteiger partial charge in [0, 0.05) is 18.7 Å². The second-order valence-corrected chi connectivity index (χ2v) is 5.21. The minimum absolute atomic E-state index is 0.297. The lowest BCUT2D eigenvalue weighted by Gasteiger charge is -2.34. The molecule has 0 bridgehead atoms. The first-order valence-corrected chi connectivity index (χ1v) is 6.72. The van der Waals surface area contributed by atoms with Gasteiger partial charge in [-0.15, -0.1) is 0 Å². The molecule has 3 heteroatoms. The van der Waals surface area contributed by atoms with E-state index >= 15 is 0 Å². The maximum Gasteiger partial charge on any atom is 0.0445 e. The van der Waals surface area contributed by atoms with Crippen LogP contribution in [0.2, 0.25) is 0 Å². The van der Waals surface area contributed by atoms with E-state index in [1.807, 2.05) is 0 Å². The predicted molar refractivity (Wildman–Crippen MR) is 68.6 cm³/mol. The van der Waals surface area contributed by atoms with Crippen LogP contribution in [0.4, 0.5) is 0 Å². The number of nitrogens with one attached hydrogen (secondary N) is 1. The summed E-state index contributed by atoms with van der Waals surface area (Å²) in [6.45, 7) is 7.25. The molecule has 0 aromatic carbocycles. The molecule has 0 spiro atoms. The van der Waals surface area contributed by atoms with E-state index in [2.05, 4.69) is 31.1 Å². The number of hydrogen-bond acceptors (Lipinski definition) is 3. The van der Waals surface area contributed by atoms with E-state index < -0.39 is 0 Å². The maximum atomic E-state index is 8.98. The Morgan fingerprint density at radius 1 is 1.38 bits per heavy atom. The number of piperidine rings is 1. The Bertz CT molecular complexity index is 179. The molecule has 1 rings (SSSR count). The number of rotatable bonds is 6. The van der Waals surface area contributed by atoms with Crippen molar-refractivity contribution in [3.05, 3.63) is 0 Å². The van der Waals surface area contributed by atoms with Crippen molar-refractivity contribution in [2.45, 2.75) is 51.6 Å². The van der Waals surface area contributed by atoms with Crippen molar-refractivity contribution in [1.29, 1.82) is 0 Å². The highest BCUT2D eigenvalue weighted by molar-refractivity contribution is 4.80. The quantitative estimate of drug-likeness (QED) is 0.722. The average Bonchev–Trinajstić information content (AvgIpc) is 2.29. The highest BCUT2D eigenvalue weighted by Crippen LogP contribution is 2.20. The molecule has 1 fully saturated rings. The van der Waals surface area contributed by atoms with Gasteiger partial charge in [0.1, 0.15) is 0 Å². The molecule has 2 unspecified atom stereocenters. The third-order valence-electron chi connectivity index (χ3n) is 3.94. The van der Waals surface area contributed by atoms with Crippen molar-refractivity contribution >= 4 is 0 Å². The van der Waals surface area contributed by atoms with Crippen LogP contribution in [0.3, 0.4) is 0 Å². The summed E-state index contributed by atoms with van der Waals surface area (Å²) in [6.07, 6.45) is 4.60. The highest BCUT2D eigenvalue weighted by atomic mass is 16.3. The molecule has 1 heterocycles. The van der Waals surface area contributed by atoms with Crippen LogP contribution in [0, 0.1) is 5.92 Å². The summed E-state index contributed by atoms with van der Waals surface area (Å²) in [6, 6.07) is 1.07. The largest absolute Gasteiger partial charge is 0.396 e. The third kappa shape index (κ3) is 4.40. The van der Waals surface area contributed by atoms with Gasteiger partial charge in [-0.3, -0.25) is 0 Å². The fourth-order valence-electron chi connectivity index (χ4n) is 2.60. The van der Waals surface area contributed by atoms with E-state index in [0.29, 0.717) is 18.7 Å². The molecule has 0 aromatic rings. The number of aliphatic hydroxyl groups excluding tert-OH is 1. The maximum absolute atomic E-state index is 8.98. The van der Waals surface area contributed by atoms with Gasteiger partial charge in [-0.1, -0.05) is 6.92 Å². The molecular weight excluding hydrogens is 200 g/mol. The lowest BCUT2D eigenvalue weighted by molar-refractivity contribution is 0.176. The number of hydrogen-bond donors (Lipinski definition) is 2. The van der Waals surface area contributed by atoms with Gasteiger partial charge in [-0.2, -0.15) is 0 Å². The number of aliphatic hydroxyl groups is 1. The lowest BCUT2D eigenvalue weighted by atomic mass is 9.90.